The molecule has 0 unspecified atom stereocenters. The fourth-order valence-electron chi connectivity index (χ4n) is 1.94. The zero-order valence-corrected chi connectivity index (χ0v) is 8.69. The van der Waals surface area contributed by atoms with Gasteiger partial charge in [-0.3, -0.25) is 0 Å². The highest BCUT2D eigenvalue weighted by Gasteiger charge is 2.16. The summed E-state index contributed by atoms with van der Waals surface area (Å²) in [6.45, 7) is 1.87. The second-order valence-corrected chi connectivity index (χ2v) is 3.68. The zero-order valence-electron chi connectivity index (χ0n) is 8.69. The highest BCUT2D eigenvalue weighted by atomic mass is 16.3. The first-order chi connectivity index (χ1) is 7.25. The van der Waals surface area contributed by atoms with E-state index in [4.69, 9.17) is 4.42 Å². The Kier molecular flexibility index (Phi) is 1.57. The van der Waals surface area contributed by atoms with Crippen molar-refractivity contribution in [2.75, 3.05) is 0 Å². The van der Waals surface area contributed by atoms with Crippen LogP contribution in [0.25, 0.3) is 22.1 Å². The summed E-state index contributed by atoms with van der Waals surface area (Å²) >= 11 is 0. The van der Waals surface area contributed by atoms with Crippen molar-refractivity contribution in [3.8, 4) is 0 Å². The van der Waals surface area contributed by atoms with Crippen LogP contribution in [0.2, 0.25) is 0 Å². The lowest BCUT2D eigenvalue weighted by molar-refractivity contribution is -0.619. The number of hydrogen-bond donors (Lipinski definition) is 0. The Balaban J connectivity index is 2.58. The SMILES string of the molecule is Cc1nc2c(cc3ccccc3[n+]2C)o1. The van der Waals surface area contributed by atoms with Gasteiger partial charge in [-0.25, -0.2) is 4.57 Å². The Morgan fingerprint density at radius 2 is 2.07 bits per heavy atom. The number of hydrogen-bond acceptors (Lipinski definition) is 2. The summed E-state index contributed by atoms with van der Waals surface area (Å²) in [6.07, 6.45) is 0. The van der Waals surface area contributed by atoms with Crippen LogP contribution in [0.1, 0.15) is 5.89 Å². The number of para-hydroxylation sites is 1. The summed E-state index contributed by atoms with van der Waals surface area (Å²) in [4.78, 5) is 4.36. The molecule has 0 fully saturated rings. The third-order valence-electron chi connectivity index (χ3n) is 2.64. The van der Waals surface area contributed by atoms with E-state index >= 15 is 0 Å². The van der Waals surface area contributed by atoms with Gasteiger partial charge in [0, 0.05) is 18.4 Å². The van der Waals surface area contributed by atoms with Gasteiger partial charge in [0.15, 0.2) is 0 Å². The number of aromatic nitrogens is 2. The third-order valence-corrected chi connectivity index (χ3v) is 2.64. The maximum Gasteiger partial charge on any atom is 0.370 e. The predicted molar refractivity (Wildman–Crippen MR) is 57.4 cm³/mol. The molecule has 0 atom stereocenters. The lowest BCUT2D eigenvalue weighted by Gasteiger charge is -1.97. The highest BCUT2D eigenvalue weighted by Crippen LogP contribution is 2.17. The first-order valence-electron chi connectivity index (χ1n) is 4.90. The van der Waals surface area contributed by atoms with E-state index in [-0.39, 0.29) is 0 Å². The molecule has 0 aliphatic rings. The largest absolute Gasteiger partial charge is 0.415 e. The Hall–Kier alpha value is -1.90. The summed E-state index contributed by atoms with van der Waals surface area (Å²) in [5.41, 5.74) is 2.90. The van der Waals surface area contributed by atoms with Crippen LogP contribution in [0.4, 0.5) is 0 Å². The van der Waals surface area contributed by atoms with Gasteiger partial charge in [0.25, 0.3) is 0 Å². The van der Waals surface area contributed by atoms with Crippen LogP contribution < -0.4 is 4.57 Å². The molecule has 0 aliphatic heterocycles. The quantitative estimate of drug-likeness (QED) is 0.519. The van der Waals surface area contributed by atoms with Crippen molar-refractivity contribution >= 4 is 22.1 Å². The summed E-state index contributed by atoms with van der Waals surface area (Å²) in [7, 11) is 2.01. The molecule has 3 rings (SSSR count). The molecule has 0 amide bonds. The Labute approximate surface area is 87.0 Å². The standard InChI is InChI=1S/C12H11N2O/c1-8-13-12-11(15-8)7-9-5-3-4-6-10(9)14(12)2/h3-7H,1-2H3/q+1. The van der Waals surface area contributed by atoms with Gasteiger partial charge in [-0.2, -0.15) is 0 Å². The van der Waals surface area contributed by atoms with E-state index < -0.39 is 0 Å². The predicted octanol–water partition coefficient (Wildman–Crippen LogP) is 2.11. The lowest BCUT2D eigenvalue weighted by atomic mass is 10.2. The third kappa shape index (κ3) is 1.13. The van der Waals surface area contributed by atoms with E-state index in [2.05, 4.69) is 21.7 Å². The minimum absolute atomic E-state index is 0.705. The molecule has 3 aromatic rings. The number of oxazole rings is 1. The van der Waals surface area contributed by atoms with Crippen molar-refractivity contribution in [2.45, 2.75) is 6.92 Å². The van der Waals surface area contributed by atoms with Crippen molar-refractivity contribution < 1.29 is 8.98 Å². The zero-order chi connectivity index (χ0) is 10.4. The number of rotatable bonds is 0. The number of aryl methyl sites for hydroxylation is 2. The number of nitrogens with zero attached hydrogens (tertiary/aromatic N) is 2. The number of fused-ring (bicyclic) bond motifs is 2. The molecule has 0 aliphatic carbocycles. The topological polar surface area (TPSA) is 29.9 Å². The first-order valence-corrected chi connectivity index (χ1v) is 4.90. The van der Waals surface area contributed by atoms with E-state index in [1.54, 1.807) is 0 Å². The van der Waals surface area contributed by atoms with Gasteiger partial charge >= 0.3 is 11.5 Å². The van der Waals surface area contributed by atoms with Gasteiger partial charge in [-0.05, 0) is 11.1 Å². The summed E-state index contributed by atoms with van der Waals surface area (Å²) in [6, 6.07) is 10.2. The van der Waals surface area contributed by atoms with Gasteiger partial charge in [0.1, 0.15) is 5.52 Å². The van der Waals surface area contributed by atoms with E-state index in [0.717, 1.165) is 11.2 Å². The second-order valence-electron chi connectivity index (χ2n) is 3.68. The minimum Gasteiger partial charge on any atom is -0.415 e. The molecule has 15 heavy (non-hydrogen) atoms. The average molecular weight is 199 g/mol. The van der Waals surface area contributed by atoms with Crippen LogP contribution >= 0.6 is 0 Å². The van der Waals surface area contributed by atoms with Crippen molar-refractivity contribution in [1.82, 2.24) is 4.98 Å². The maximum absolute atomic E-state index is 5.52. The lowest BCUT2D eigenvalue weighted by Crippen LogP contribution is -2.30. The van der Waals surface area contributed by atoms with Crippen molar-refractivity contribution in [3.63, 3.8) is 0 Å². The molecule has 0 saturated heterocycles. The van der Waals surface area contributed by atoms with Crippen LogP contribution in [-0.4, -0.2) is 4.98 Å². The molecule has 0 spiro atoms. The molecule has 2 aromatic heterocycles. The van der Waals surface area contributed by atoms with Crippen molar-refractivity contribution in [3.05, 3.63) is 36.2 Å². The Morgan fingerprint density at radius 3 is 2.93 bits per heavy atom. The molecular formula is C12H11N2O+. The van der Waals surface area contributed by atoms with E-state index in [0.29, 0.717) is 5.89 Å². The molecule has 0 saturated carbocycles. The van der Waals surface area contributed by atoms with E-state index in [9.17, 15) is 0 Å². The van der Waals surface area contributed by atoms with Crippen LogP contribution in [0.5, 0.6) is 0 Å². The molecule has 0 N–H and O–H groups in total. The van der Waals surface area contributed by atoms with Crippen LogP contribution in [0, 0.1) is 6.92 Å². The van der Waals surface area contributed by atoms with Gasteiger partial charge in [0.05, 0.1) is 7.05 Å². The Bertz CT molecular complexity index is 655. The molecule has 2 heterocycles. The molecular weight excluding hydrogens is 188 g/mol. The minimum atomic E-state index is 0.705. The van der Waals surface area contributed by atoms with Gasteiger partial charge in [-0.15, -0.1) is 0 Å². The molecule has 0 bridgehead atoms. The monoisotopic (exact) mass is 199 g/mol. The van der Waals surface area contributed by atoms with Crippen LogP contribution in [-0.2, 0) is 7.05 Å². The van der Waals surface area contributed by atoms with E-state index in [1.165, 1.54) is 10.9 Å². The van der Waals surface area contributed by atoms with Crippen molar-refractivity contribution in [1.29, 1.82) is 0 Å². The highest BCUT2D eigenvalue weighted by molar-refractivity contribution is 5.84. The second kappa shape index (κ2) is 2.79. The van der Waals surface area contributed by atoms with Crippen LogP contribution in [0.3, 0.4) is 0 Å². The van der Waals surface area contributed by atoms with Gasteiger partial charge in [0.2, 0.25) is 5.58 Å². The number of pyridine rings is 1. The van der Waals surface area contributed by atoms with E-state index in [1.807, 2.05) is 32.2 Å². The Morgan fingerprint density at radius 1 is 1.27 bits per heavy atom. The molecule has 3 nitrogen and oxygen atoms in total. The number of benzene rings is 1. The molecule has 3 heteroatoms. The summed E-state index contributed by atoms with van der Waals surface area (Å²) in [5.74, 6) is 0.705. The first kappa shape index (κ1) is 8.41. The molecule has 1 aromatic carbocycles. The molecule has 74 valence electrons. The van der Waals surface area contributed by atoms with Crippen LogP contribution in [0.15, 0.2) is 34.7 Å². The summed E-state index contributed by atoms with van der Waals surface area (Å²) < 4.78 is 7.58. The fourth-order valence-corrected chi connectivity index (χ4v) is 1.94. The molecule has 0 radical (unpaired) electrons. The van der Waals surface area contributed by atoms with Gasteiger partial charge < -0.3 is 4.42 Å². The summed E-state index contributed by atoms with van der Waals surface area (Å²) in [5, 5.41) is 1.17. The van der Waals surface area contributed by atoms with Crippen molar-refractivity contribution in [2.24, 2.45) is 7.05 Å². The maximum atomic E-state index is 5.52. The fraction of sp³-hybridized carbons (Fsp3) is 0.167. The average Bonchev–Trinajstić information content (AvgIpc) is 2.59. The normalized spacial score (nSPS) is 11.3. The smallest absolute Gasteiger partial charge is 0.370 e. The van der Waals surface area contributed by atoms with Gasteiger partial charge in [-0.1, -0.05) is 18.2 Å².